The lowest BCUT2D eigenvalue weighted by molar-refractivity contribution is -0.137. The fraction of sp³-hybridized carbons (Fsp3) is 0.375. The highest BCUT2D eigenvalue weighted by molar-refractivity contribution is 7.92. The van der Waals surface area contributed by atoms with Crippen LogP contribution in [0.4, 0.5) is 36.4 Å². The SMILES string of the molecule is CCOP(=O)(Cc1ccc(Nc2ncc(C(F)(F)F)c(NCc3cccnc3N(C)S(C)(=O)=O)n2)cc1)OCC. The predicted molar refractivity (Wildman–Crippen MR) is 146 cm³/mol. The van der Waals surface area contributed by atoms with Gasteiger partial charge in [-0.1, -0.05) is 18.2 Å². The molecule has 2 N–H and O–H groups in total. The molecule has 2 aromatic heterocycles. The Hall–Kier alpha value is -3.26. The van der Waals surface area contributed by atoms with Crippen molar-refractivity contribution in [2.24, 2.45) is 0 Å². The minimum atomic E-state index is -4.75. The summed E-state index contributed by atoms with van der Waals surface area (Å²) in [4.78, 5) is 11.9. The molecule has 40 heavy (non-hydrogen) atoms. The third-order valence-electron chi connectivity index (χ3n) is 5.44. The number of alkyl halides is 3. The van der Waals surface area contributed by atoms with E-state index in [1.165, 1.54) is 13.2 Å². The average molecular weight is 603 g/mol. The van der Waals surface area contributed by atoms with Gasteiger partial charge in [-0.25, -0.2) is 18.4 Å². The van der Waals surface area contributed by atoms with E-state index in [4.69, 9.17) is 9.05 Å². The summed E-state index contributed by atoms with van der Waals surface area (Å²) in [6.45, 7) is 3.70. The minimum Gasteiger partial charge on any atom is -0.365 e. The van der Waals surface area contributed by atoms with Gasteiger partial charge in [0.2, 0.25) is 16.0 Å². The van der Waals surface area contributed by atoms with Gasteiger partial charge in [0.25, 0.3) is 0 Å². The van der Waals surface area contributed by atoms with E-state index in [1.54, 1.807) is 50.2 Å². The molecule has 0 unspecified atom stereocenters. The van der Waals surface area contributed by atoms with E-state index in [0.717, 1.165) is 10.6 Å². The lowest BCUT2D eigenvalue weighted by Gasteiger charge is -2.20. The van der Waals surface area contributed by atoms with Crippen LogP contribution in [0.25, 0.3) is 0 Å². The number of pyridine rings is 1. The summed E-state index contributed by atoms with van der Waals surface area (Å²) in [7, 11) is -5.66. The van der Waals surface area contributed by atoms with Gasteiger partial charge in [0.15, 0.2) is 0 Å². The van der Waals surface area contributed by atoms with Gasteiger partial charge in [0.1, 0.15) is 17.2 Å². The second-order valence-corrected chi connectivity index (χ2v) is 12.5. The molecule has 2 heterocycles. The van der Waals surface area contributed by atoms with Gasteiger partial charge in [-0.3, -0.25) is 8.87 Å². The van der Waals surface area contributed by atoms with Gasteiger partial charge < -0.3 is 19.7 Å². The van der Waals surface area contributed by atoms with E-state index in [2.05, 4.69) is 25.6 Å². The van der Waals surface area contributed by atoms with Crippen molar-refractivity contribution in [3.63, 3.8) is 0 Å². The van der Waals surface area contributed by atoms with Gasteiger partial charge in [-0.05, 0) is 37.6 Å². The third kappa shape index (κ3) is 8.37. The maximum Gasteiger partial charge on any atom is 0.421 e. The Balaban J connectivity index is 1.82. The molecule has 0 saturated carbocycles. The number of benzene rings is 1. The Morgan fingerprint density at radius 2 is 1.70 bits per heavy atom. The van der Waals surface area contributed by atoms with E-state index >= 15 is 0 Å². The van der Waals surface area contributed by atoms with Crippen LogP contribution < -0.4 is 14.9 Å². The molecule has 1 aromatic carbocycles. The number of sulfonamides is 1. The van der Waals surface area contributed by atoms with Crippen molar-refractivity contribution < 1.29 is 35.2 Å². The Labute approximate surface area is 230 Å². The lowest BCUT2D eigenvalue weighted by atomic mass is 10.2. The Morgan fingerprint density at radius 3 is 2.27 bits per heavy atom. The molecule has 0 fully saturated rings. The van der Waals surface area contributed by atoms with Crippen molar-refractivity contribution in [1.82, 2.24) is 15.0 Å². The number of rotatable bonds is 13. The van der Waals surface area contributed by atoms with Crippen LogP contribution in [-0.2, 0) is 42.5 Å². The number of halogens is 3. The number of hydrogen-bond acceptors (Lipinski definition) is 10. The molecule has 0 atom stereocenters. The van der Waals surface area contributed by atoms with E-state index < -0.39 is 35.2 Å². The fourth-order valence-corrected chi connectivity index (χ4v) is 5.72. The summed E-state index contributed by atoms with van der Waals surface area (Å²) < 4.78 is 89.4. The third-order valence-corrected chi connectivity index (χ3v) is 8.67. The molecule has 0 aliphatic carbocycles. The zero-order valence-corrected chi connectivity index (χ0v) is 24.0. The molecule has 0 radical (unpaired) electrons. The highest BCUT2D eigenvalue weighted by Gasteiger charge is 2.35. The Kier molecular flexibility index (Phi) is 10.1. The first kappa shape index (κ1) is 31.3. The Morgan fingerprint density at radius 1 is 1.05 bits per heavy atom. The van der Waals surface area contributed by atoms with Crippen LogP contribution in [-0.4, -0.2) is 49.9 Å². The molecular formula is C24H30F3N6O5PS. The van der Waals surface area contributed by atoms with E-state index in [1.807, 2.05) is 0 Å². The largest absolute Gasteiger partial charge is 0.421 e. The molecular weight excluding hydrogens is 572 g/mol. The van der Waals surface area contributed by atoms with Crippen LogP contribution in [0.5, 0.6) is 0 Å². The molecule has 3 rings (SSSR count). The van der Waals surface area contributed by atoms with E-state index in [0.29, 0.717) is 23.0 Å². The maximum atomic E-state index is 13.7. The van der Waals surface area contributed by atoms with Gasteiger partial charge in [-0.2, -0.15) is 18.2 Å². The first-order valence-electron chi connectivity index (χ1n) is 12.1. The standard InChI is InChI=1S/C24H30F3N6O5PS/c1-5-37-39(34,38-6-2)16-17-9-11-19(12-10-17)31-23-30-15-20(24(25,26)27)21(32-23)29-14-18-8-7-13-28-22(18)33(3)40(4,35)36/h7-13,15H,5-6,14,16H2,1-4H3,(H2,29,30,31,32). The molecule has 0 aliphatic rings. The molecule has 0 aliphatic heterocycles. The summed E-state index contributed by atoms with van der Waals surface area (Å²) in [6.07, 6.45) is -1.67. The summed E-state index contributed by atoms with van der Waals surface area (Å²) >= 11 is 0. The van der Waals surface area contributed by atoms with Crippen molar-refractivity contribution in [3.8, 4) is 0 Å². The first-order chi connectivity index (χ1) is 18.8. The summed E-state index contributed by atoms with van der Waals surface area (Å²) in [5.74, 6) is -0.554. The highest BCUT2D eigenvalue weighted by Crippen LogP contribution is 2.51. The van der Waals surface area contributed by atoms with Crippen LogP contribution in [0, 0.1) is 0 Å². The van der Waals surface area contributed by atoms with Crippen LogP contribution in [0.15, 0.2) is 48.8 Å². The zero-order valence-electron chi connectivity index (χ0n) is 22.3. The molecule has 0 spiro atoms. The predicted octanol–water partition coefficient (Wildman–Crippen LogP) is 5.41. The summed E-state index contributed by atoms with van der Waals surface area (Å²) in [5, 5.41) is 5.49. The van der Waals surface area contributed by atoms with Crippen molar-refractivity contribution >= 4 is 40.9 Å². The van der Waals surface area contributed by atoms with Crippen LogP contribution in [0.3, 0.4) is 0 Å². The molecule has 16 heteroatoms. The molecule has 218 valence electrons. The van der Waals surface area contributed by atoms with Gasteiger partial charge in [0, 0.05) is 37.2 Å². The maximum absolute atomic E-state index is 13.7. The second-order valence-electron chi connectivity index (χ2n) is 8.45. The topological polar surface area (TPSA) is 136 Å². The Bertz CT molecular complexity index is 1450. The molecule has 0 bridgehead atoms. The van der Waals surface area contributed by atoms with E-state index in [9.17, 15) is 26.2 Å². The molecule has 0 amide bonds. The zero-order chi connectivity index (χ0) is 29.6. The van der Waals surface area contributed by atoms with Gasteiger partial charge in [-0.15, -0.1) is 0 Å². The lowest BCUT2D eigenvalue weighted by Crippen LogP contribution is -2.27. The highest BCUT2D eigenvalue weighted by atomic mass is 32.2. The molecule has 11 nitrogen and oxygen atoms in total. The van der Waals surface area contributed by atoms with E-state index in [-0.39, 0.29) is 37.7 Å². The first-order valence-corrected chi connectivity index (χ1v) is 15.6. The smallest absolute Gasteiger partial charge is 0.365 e. The van der Waals surface area contributed by atoms with Crippen molar-refractivity contribution in [2.75, 3.05) is 41.5 Å². The second kappa shape index (κ2) is 12.9. The number of hydrogen-bond donors (Lipinski definition) is 2. The monoisotopic (exact) mass is 602 g/mol. The summed E-state index contributed by atoms with van der Waals surface area (Å²) in [6, 6.07) is 9.71. The number of nitrogens with zero attached hydrogens (tertiary/aromatic N) is 4. The minimum absolute atomic E-state index is 0.0602. The average Bonchev–Trinajstić information content (AvgIpc) is 2.87. The number of nitrogens with one attached hydrogen (secondary N) is 2. The van der Waals surface area contributed by atoms with Crippen molar-refractivity contribution in [3.05, 3.63) is 65.5 Å². The van der Waals surface area contributed by atoms with Crippen molar-refractivity contribution in [1.29, 1.82) is 0 Å². The quantitative estimate of drug-likeness (QED) is 0.245. The molecule has 3 aromatic rings. The van der Waals surface area contributed by atoms with Gasteiger partial charge in [0.05, 0.1) is 25.6 Å². The molecule has 0 saturated heterocycles. The number of anilines is 4. The fourth-order valence-electron chi connectivity index (χ4n) is 3.54. The van der Waals surface area contributed by atoms with Crippen molar-refractivity contribution in [2.45, 2.75) is 32.7 Å². The van der Waals surface area contributed by atoms with Gasteiger partial charge >= 0.3 is 13.8 Å². The van der Waals surface area contributed by atoms with Crippen LogP contribution in [0.1, 0.15) is 30.5 Å². The normalized spacial score (nSPS) is 12.3. The van der Waals surface area contributed by atoms with Crippen LogP contribution in [0.2, 0.25) is 0 Å². The summed E-state index contributed by atoms with van der Waals surface area (Å²) in [5.41, 5.74) is 0.390. The van der Waals surface area contributed by atoms with Crippen LogP contribution >= 0.6 is 7.60 Å². The number of aromatic nitrogens is 3.